The highest BCUT2D eigenvalue weighted by atomic mass is 79.9. The van der Waals surface area contributed by atoms with E-state index in [4.69, 9.17) is 0 Å². The Morgan fingerprint density at radius 1 is 1.41 bits per heavy atom. The highest BCUT2D eigenvalue weighted by molar-refractivity contribution is 9.10. The summed E-state index contributed by atoms with van der Waals surface area (Å²) in [5.74, 6) is -0.829. The summed E-state index contributed by atoms with van der Waals surface area (Å²) in [6.07, 6.45) is 2.88. The summed E-state index contributed by atoms with van der Waals surface area (Å²) in [6.45, 7) is 2.22. The fourth-order valence-electron chi connectivity index (χ4n) is 2.79. The SMILES string of the molecule is CCCc1nn(C)c2c(=O)[nH]c(CCNC(=O)c3cc(Br)ncc3F)nc12. The van der Waals surface area contributed by atoms with Crippen molar-refractivity contribution in [1.29, 1.82) is 0 Å². The van der Waals surface area contributed by atoms with Crippen LogP contribution in [-0.2, 0) is 19.9 Å². The molecule has 0 fully saturated rings. The minimum Gasteiger partial charge on any atom is -0.351 e. The number of pyridine rings is 1. The Kier molecular flexibility index (Phi) is 5.64. The van der Waals surface area contributed by atoms with E-state index in [1.54, 1.807) is 7.05 Å². The van der Waals surface area contributed by atoms with Crippen LogP contribution in [0.1, 0.15) is 35.2 Å². The molecule has 8 nitrogen and oxygen atoms in total. The third-order valence-electron chi connectivity index (χ3n) is 4.01. The molecule has 3 aromatic heterocycles. The van der Waals surface area contributed by atoms with Crippen LogP contribution in [0.2, 0.25) is 0 Å². The largest absolute Gasteiger partial charge is 0.351 e. The Bertz CT molecular complexity index is 1060. The molecule has 0 saturated carbocycles. The predicted octanol–water partition coefficient (Wildman–Crippen LogP) is 1.88. The van der Waals surface area contributed by atoms with E-state index in [1.807, 2.05) is 6.92 Å². The lowest BCUT2D eigenvalue weighted by Gasteiger charge is -2.06. The molecule has 142 valence electrons. The van der Waals surface area contributed by atoms with Gasteiger partial charge in [-0.3, -0.25) is 14.3 Å². The number of carbonyl (C=O) groups excluding carboxylic acids is 1. The van der Waals surface area contributed by atoms with Gasteiger partial charge in [0.2, 0.25) is 0 Å². The van der Waals surface area contributed by atoms with Crippen molar-refractivity contribution in [2.75, 3.05) is 6.54 Å². The molecule has 0 unspecified atom stereocenters. The van der Waals surface area contributed by atoms with Crippen molar-refractivity contribution in [3.05, 3.63) is 50.1 Å². The van der Waals surface area contributed by atoms with Gasteiger partial charge in [-0.2, -0.15) is 5.10 Å². The van der Waals surface area contributed by atoms with Crippen LogP contribution in [0.5, 0.6) is 0 Å². The van der Waals surface area contributed by atoms with Crippen molar-refractivity contribution >= 4 is 32.9 Å². The van der Waals surface area contributed by atoms with Crippen LogP contribution in [0.25, 0.3) is 11.0 Å². The highest BCUT2D eigenvalue weighted by Gasteiger charge is 2.15. The number of hydrogen-bond acceptors (Lipinski definition) is 5. The first-order chi connectivity index (χ1) is 12.9. The second kappa shape index (κ2) is 7.95. The van der Waals surface area contributed by atoms with Crippen LogP contribution < -0.4 is 10.9 Å². The van der Waals surface area contributed by atoms with Crippen LogP contribution in [-0.4, -0.2) is 37.2 Å². The Morgan fingerprint density at radius 2 is 2.19 bits per heavy atom. The van der Waals surface area contributed by atoms with Gasteiger partial charge in [0.15, 0.2) is 11.3 Å². The summed E-state index contributed by atoms with van der Waals surface area (Å²) in [5.41, 5.74) is 1.40. The van der Waals surface area contributed by atoms with Gasteiger partial charge >= 0.3 is 0 Å². The molecular weight excluding hydrogens is 419 g/mol. The van der Waals surface area contributed by atoms with E-state index < -0.39 is 11.7 Å². The van der Waals surface area contributed by atoms with Gasteiger partial charge in [-0.05, 0) is 28.4 Å². The van der Waals surface area contributed by atoms with Crippen molar-refractivity contribution in [3.8, 4) is 0 Å². The van der Waals surface area contributed by atoms with E-state index >= 15 is 0 Å². The summed E-state index contributed by atoms with van der Waals surface area (Å²) in [5, 5.41) is 6.98. The lowest BCUT2D eigenvalue weighted by Crippen LogP contribution is -2.27. The Balaban J connectivity index is 1.75. The number of aromatic amines is 1. The molecule has 10 heteroatoms. The molecule has 3 aromatic rings. The van der Waals surface area contributed by atoms with E-state index in [9.17, 15) is 14.0 Å². The number of hydrogen-bond donors (Lipinski definition) is 2. The third kappa shape index (κ3) is 4.05. The zero-order chi connectivity index (χ0) is 19.6. The van der Waals surface area contributed by atoms with Crippen LogP contribution in [0.15, 0.2) is 21.7 Å². The van der Waals surface area contributed by atoms with Crippen molar-refractivity contribution in [2.45, 2.75) is 26.2 Å². The zero-order valence-electron chi connectivity index (χ0n) is 14.8. The summed E-state index contributed by atoms with van der Waals surface area (Å²) in [4.78, 5) is 35.4. The first kappa shape index (κ1) is 19.2. The minimum absolute atomic E-state index is 0.105. The minimum atomic E-state index is -0.705. The number of carbonyl (C=O) groups is 1. The van der Waals surface area contributed by atoms with Gasteiger partial charge in [-0.25, -0.2) is 14.4 Å². The fourth-order valence-corrected chi connectivity index (χ4v) is 3.13. The smallest absolute Gasteiger partial charge is 0.277 e. The Morgan fingerprint density at radius 3 is 2.93 bits per heavy atom. The summed E-state index contributed by atoms with van der Waals surface area (Å²) < 4.78 is 15.6. The van der Waals surface area contributed by atoms with Gasteiger partial charge in [-0.15, -0.1) is 0 Å². The number of amides is 1. The Hall–Kier alpha value is -2.62. The zero-order valence-corrected chi connectivity index (χ0v) is 16.4. The predicted molar refractivity (Wildman–Crippen MR) is 101 cm³/mol. The molecule has 0 aliphatic carbocycles. The number of aromatic nitrogens is 5. The molecule has 0 aliphatic rings. The van der Waals surface area contributed by atoms with E-state index in [0.717, 1.165) is 24.7 Å². The lowest BCUT2D eigenvalue weighted by atomic mass is 10.2. The first-order valence-electron chi connectivity index (χ1n) is 8.44. The summed E-state index contributed by atoms with van der Waals surface area (Å²) in [7, 11) is 1.71. The number of nitrogens with zero attached hydrogens (tertiary/aromatic N) is 4. The van der Waals surface area contributed by atoms with Gasteiger partial charge in [0.05, 0.1) is 17.5 Å². The fraction of sp³-hybridized carbons (Fsp3) is 0.353. The summed E-state index contributed by atoms with van der Waals surface area (Å²) >= 11 is 3.11. The monoisotopic (exact) mass is 436 g/mol. The quantitative estimate of drug-likeness (QED) is 0.573. The molecule has 2 N–H and O–H groups in total. The van der Waals surface area contributed by atoms with Crippen molar-refractivity contribution in [3.63, 3.8) is 0 Å². The standard InChI is InChI=1S/C17H18BrFN6O2/c1-3-4-11-14-15(25(2)24-11)17(27)23-13(22-14)5-6-20-16(26)9-7-12(18)21-8-10(9)19/h7-8H,3-6H2,1-2H3,(H,20,26)(H,22,23,27). The normalized spacial score (nSPS) is 11.1. The van der Waals surface area contributed by atoms with E-state index in [-0.39, 0.29) is 17.7 Å². The van der Waals surface area contributed by atoms with Crippen LogP contribution >= 0.6 is 15.9 Å². The topological polar surface area (TPSA) is 106 Å². The highest BCUT2D eigenvalue weighted by Crippen LogP contribution is 2.14. The van der Waals surface area contributed by atoms with Crippen LogP contribution in [0.4, 0.5) is 4.39 Å². The maximum atomic E-state index is 13.7. The molecule has 0 aliphatic heterocycles. The van der Waals surface area contributed by atoms with Gasteiger partial charge in [0.25, 0.3) is 11.5 Å². The van der Waals surface area contributed by atoms with Gasteiger partial charge in [-0.1, -0.05) is 13.3 Å². The molecule has 0 spiro atoms. The molecule has 3 rings (SSSR count). The maximum absolute atomic E-state index is 13.7. The molecule has 1 amide bonds. The van der Waals surface area contributed by atoms with Crippen LogP contribution in [0.3, 0.4) is 0 Å². The average Bonchev–Trinajstić information content (AvgIpc) is 2.93. The molecule has 3 heterocycles. The molecule has 0 bridgehead atoms. The number of H-pyrrole nitrogens is 1. The number of halogens is 2. The van der Waals surface area contributed by atoms with E-state index in [2.05, 4.69) is 41.3 Å². The van der Waals surface area contributed by atoms with E-state index in [1.165, 1.54) is 10.7 Å². The van der Waals surface area contributed by atoms with Crippen LogP contribution in [0, 0.1) is 5.82 Å². The Labute approximate surface area is 162 Å². The molecular formula is C17H18BrFN6O2. The third-order valence-corrected chi connectivity index (χ3v) is 4.45. The van der Waals surface area contributed by atoms with Gasteiger partial charge in [0, 0.05) is 20.0 Å². The van der Waals surface area contributed by atoms with Gasteiger partial charge < -0.3 is 10.3 Å². The lowest BCUT2D eigenvalue weighted by molar-refractivity contribution is 0.0949. The summed E-state index contributed by atoms with van der Waals surface area (Å²) in [6, 6.07) is 1.31. The number of fused-ring (bicyclic) bond motifs is 1. The second-order valence-electron chi connectivity index (χ2n) is 6.02. The van der Waals surface area contributed by atoms with Crippen molar-refractivity contribution < 1.29 is 9.18 Å². The van der Waals surface area contributed by atoms with Crippen molar-refractivity contribution in [1.82, 2.24) is 30.0 Å². The number of rotatable bonds is 6. The molecule has 27 heavy (non-hydrogen) atoms. The van der Waals surface area contributed by atoms with Gasteiger partial charge in [0.1, 0.15) is 15.9 Å². The maximum Gasteiger partial charge on any atom is 0.277 e. The second-order valence-corrected chi connectivity index (χ2v) is 6.84. The average molecular weight is 437 g/mol. The number of nitrogens with one attached hydrogen (secondary N) is 2. The van der Waals surface area contributed by atoms with E-state index in [0.29, 0.717) is 27.9 Å². The van der Waals surface area contributed by atoms with Crippen molar-refractivity contribution in [2.24, 2.45) is 7.05 Å². The molecule has 0 radical (unpaired) electrons. The first-order valence-corrected chi connectivity index (χ1v) is 9.24. The molecule has 0 saturated heterocycles. The molecule has 0 aromatic carbocycles. The molecule has 0 atom stereocenters. The number of aryl methyl sites for hydroxylation is 2.